The van der Waals surface area contributed by atoms with E-state index in [1.165, 1.54) is 29.0 Å². The molecule has 0 saturated carbocycles. The zero-order valence-electron chi connectivity index (χ0n) is 13.1. The lowest BCUT2D eigenvalue weighted by Crippen LogP contribution is -2.12. The molecular formula is C18H13N3O2S2. The monoisotopic (exact) mass is 367 g/mol. The van der Waals surface area contributed by atoms with Crippen molar-refractivity contribution >= 4 is 26.5 Å². The lowest BCUT2D eigenvalue weighted by Gasteiger charge is -2.13. The van der Waals surface area contributed by atoms with Crippen LogP contribution in [-0.4, -0.2) is 13.4 Å². The normalized spacial score (nSPS) is 12.8. The first kappa shape index (κ1) is 15.8. The summed E-state index contributed by atoms with van der Waals surface area (Å²) in [5.74, 6) is 0. The van der Waals surface area contributed by atoms with Crippen LogP contribution in [0.1, 0.15) is 16.0 Å². The van der Waals surface area contributed by atoms with E-state index < -0.39 is 10.0 Å². The maximum atomic E-state index is 12.6. The quantitative estimate of drug-likeness (QED) is 0.767. The van der Waals surface area contributed by atoms with E-state index >= 15 is 0 Å². The van der Waals surface area contributed by atoms with Gasteiger partial charge in [0.2, 0.25) is 0 Å². The summed E-state index contributed by atoms with van der Waals surface area (Å²) in [7, 11) is -3.78. The molecule has 1 heterocycles. The average molecular weight is 367 g/mol. The smallest absolute Gasteiger partial charge is 0.255 e. The number of fused-ring (bicyclic) bond motifs is 3. The molecule has 0 radical (unpaired) electrons. The van der Waals surface area contributed by atoms with Crippen LogP contribution < -0.4 is 4.72 Å². The maximum Gasteiger partial charge on any atom is 0.263 e. The molecule has 4 rings (SSSR count). The summed E-state index contributed by atoms with van der Waals surface area (Å²) in [5, 5.41) is 9.30. The first-order valence-electron chi connectivity index (χ1n) is 7.68. The van der Waals surface area contributed by atoms with Gasteiger partial charge in [0, 0.05) is 10.4 Å². The number of anilines is 1. The van der Waals surface area contributed by atoms with Gasteiger partial charge in [0.15, 0.2) is 5.13 Å². The zero-order valence-corrected chi connectivity index (χ0v) is 14.7. The third kappa shape index (κ3) is 2.90. The number of rotatable bonds is 3. The van der Waals surface area contributed by atoms with Crippen LogP contribution in [0.5, 0.6) is 0 Å². The predicted molar refractivity (Wildman–Crippen MR) is 96.9 cm³/mol. The van der Waals surface area contributed by atoms with Crippen LogP contribution in [0.25, 0.3) is 11.3 Å². The average Bonchev–Trinajstić information content (AvgIpc) is 3.04. The number of nitrogens with zero attached hydrogens (tertiary/aromatic N) is 2. The van der Waals surface area contributed by atoms with Crippen molar-refractivity contribution in [1.82, 2.24) is 4.98 Å². The third-order valence-corrected chi connectivity index (χ3v) is 6.58. The molecule has 0 aliphatic heterocycles. The van der Waals surface area contributed by atoms with Gasteiger partial charge < -0.3 is 0 Å². The molecule has 5 nitrogen and oxygen atoms in total. The molecule has 0 bridgehead atoms. The highest BCUT2D eigenvalue weighted by atomic mass is 32.2. The summed E-state index contributed by atoms with van der Waals surface area (Å²) in [4.78, 5) is 5.65. The highest BCUT2D eigenvalue weighted by Gasteiger charge is 2.23. The molecule has 124 valence electrons. The number of hydrogen-bond acceptors (Lipinski definition) is 5. The first-order chi connectivity index (χ1) is 12.1. The summed E-state index contributed by atoms with van der Waals surface area (Å²) in [5.41, 5.74) is 3.46. The zero-order chi connectivity index (χ0) is 17.4. The lowest BCUT2D eigenvalue weighted by atomic mass is 9.94. The van der Waals surface area contributed by atoms with Crippen molar-refractivity contribution < 1.29 is 8.42 Å². The minimum Gasteiger partial charge on any atom is -0.255 e. The molecule has 25 heavy (non-hydrogen) atoms. The molecule has 1 N–H and O–H groups in total. The summed E-state index contributed by atoms with van der Waals surface area (Å²) in [6.45, 7) is 0. The van der Waals surface area contributed by atoms with Crippen LogP contribution in [-0.2, 0) is 22.9 Å². The second kappa shape index (κ2) is 5.99. The number of aryl methyl sites for hydroxylation is 2. The number of nitrogens with one attached hydrogen (secondary N) is 1. The van der Waals surface area contributed by atoms with Crippen LogP contribution in [0.4, 0.5) is 5.13 Å². The van der Waals surface area contributed by atoms with Crippen molar-refractivity contribution in [3.8, 4) is 17.3 Å². The minimum absolute atomic E-state index is 0.0557. The van der Waals surface area contributed by atoms with E-state index in [1.54, 1.807) is 12.1 Å². The van der Waals surface area contributed by atoms with Crippen molar-refractivity contribution in [2.75, 3.05) is 4.72 Å². The van der Waals surface area contributed by atoms with E-state index in [4.69, 9.17) is 5.26 Å². The second-order valence-corrected chi connectivity index (χ2v) is 8.46. The Hall–Kier alpha value is -2.69. The largest absolute Gasteiger partial charge is 0.263 e. The van der Waals surface area contributed by atoms with E-state index in [9.17, 15) is 8.42 Å². The molecule has 1 aromatic heterocycles. The number of sulfonamides is 1. The molecule has 1 aliphatic carbocycles. The van der Waals surface area contributed by atoms with Gasteiger partial charge in [-0.25, -0.2) is 13.4 Å². The van der Waals surface area contributed by atoms with Crippen LogP contribution >= 0.6 is 11.3 Å². The fraction of sp³-hybridized carbons (Fsp3) is 0.111. The minimum atomic E-state index is -3.78. The molecule has 0 saturated heterocycles. The number of hydrogen-bond donors (Lipinski definition) is 1. The molecule has 7 heteroatoms. The van der Waals surface area contributed by atoms with Gasteiger partial charge in [-0.05, 0) is 36.6 Å². The number of thiazole rings is 1. The summed E-state index contributed by atoms with van der Waals surface area (Å²) in [6, 6.07) is 15.9. The molecular weight excluding hydrogens is 354 g/mol. The summed E-state index contributed by atoms with van der Waals surface area (Å²) < 4.78 is 27.7. The van der Waals surface area contributed by atoms with Gasteiger partial charge in [-0.3, -0.25) is 4.72 Å². The highest BCUT2D eigenvalue weighted by molar-refractivity contribution is 7.93. The van der Waals surface area contributed by atoms with Gasteiger partial charge in [0.25, 0.3) is 10.0 Å². The number of aromatic nitrogens is 1. The van der Waals surface area contributed by atoms with Gasteiger partial charge in [0.1, 0.15) is 0 Å². The standard InChI is InChI=1S/C18H13N3O2S2/c19-11-12-4-3-6-14(10-12)25(22,23)21-18-20-17-15-7-2-1-5-13(15)8-9-16(17)24-18/h1-7,10H,8-9H2,(H,20,21). The SMILES string of the molecule is N#Cc1cccc(S(=O)(=O)Nc2nc3c(s2)CCc2ccccc2-3)c1. The van der Waals surface area contributed by atoms with Crippen LogP contribution in [0.3, 0.4) is 0 Å². The molecule has 0 unspecified atom stereocenters. The Bertz CT molecular complexity index is 1110. The molecule has 0 spiro atoms. The van der Waals surface area contributed by atoms with Gasteiger partial charge >= 0.3 is 0 Å². The molecule has 0 amide bonds. The molecule has 1 aliphatic rings. The number of nitriles is 1. The van der Waals surface area contributed by atoms with Gasteiger partial charge in [-0.2, -0.15) is 5.26 Å². The van der Waals surface area contributed by atoms with Gasteiger partial charge in [-0.15, -0.1) is 11.3 Å². The topological polar surface area (TPSA) is 82.8 Å². The summed E-state index contributed by atoms with van der Waals surface area (Å²) in [6.07, 6.45) is 1.79. The molecule has 3 aromatic rings. The van der Waals surface area contributed by atoms with E-state index in [-0.39, 0.29) is 4.90 Å². The Balaban J connectivity index is 1.69. The second-order valence-electron chi connectivity index (χ2n) is 5.69. The Kier molecular flexibility index (Phi) is 3.79. The van der Waals surface area contributed by atoms with Crippen molar-refractivity contribution in [2.45, 2.75) is 17.7 Å². The third-order valence-electron chi connectivity index (χ3n) is 4.09. The molecule has 2 aromatic carbocycles. The van der Waals surface area contributed by atoms with E-state index in [2.05, 4.69) is 15.8 Å². The van der Waals surface area contributed by atoms with E-state index in [0.717, 1.165) is 29.0 Å². The van der Waals surface area contributed by atoms with Crippen LogP contribution in [0, 0.1) is 11.3 Å². The van der Waals surface area contributed by atoms with Crippen molar-refractivity contribution in [3.63, 3.8) is 0 Å². The van der Waals surface area contributed by atoms with Crippen LogP contribution in [0.2, 0.25) is 0 Å². The van der Waals surface area contributed by atoms with Crippen LogP contribution in [0.15, 0.2) is 53.4 Å². The number of benzene rings is 2. The van der Waals surface area contributed by atoms with E-state index in [1.807, 2.05) is 24.3 Å². The Morgan fingerprint density at radius 1 is 1.12 bits per heavy atom. The molecule has 0 atom stereocenters. The van der Waals surface area contributed by atoms with Gasteiger partial charge in [-0.1, -0.05) is 30.3 Å². The lowest BCUT2D eigenvalue weighted by molar-refractivity contribution is 0.601. The van der Waals surface area contributed by atoms with Crippen molar-refractivity contribution in [3.05, 3.63) is 64.5 Å². The highest BCUT2D eigenvalue weighted by Crippen LogP contribution is 2.38. The Labute approximate surface area is 149 Å². The fourth-order valence-corrected chi connectivity index (χ4v) is 5.16. The van der Waals surface area contributed by atoms with Crippen molar-refractivity contribution in [2.24, 2.45) is 0 Å². The summed E-state index contributed by atoms with van der Waals surface area (Å²) >= 11 is 1.36. The first-order valence-corrected chi connectivity index (χ1v) is 9.98. The van der Waals surface area contributed by atoms with Crippen molar-refractivity contribution in [1.29, 1.82) is 5.26 Å². The predicted octanol–water partition coefficient (Wildman–Crippen LogP) is 3.58. The van der Waals surface area contributed by atoms with Gasteiger partial charge in [0.05, 0.1) is 22.2 Å². The Morgan fingerprint density at radius 2 is 1.96 bits per heavy atom. The van der Waals surface area contributed by atoms with E-state index in [0.29, 0.717) is 10.7 Å². The molecule has 0 fully saturated rings. The Morgan fingerprint density at radius 3 is 2.80 bits per heavy atom. The maximum absolute atomic E-state index is 12.6. The fourth-order valence-electron chi connectivity index (χ4n) is 2.90.